The molecule has 1 N–H and O–H groups in total. The molecule has 0 unspecified atom stereocenters. The van der Waals surface area contributed by atoms with Crippen molar-refractivity contribution in [3.8, 4) is 0 Å². The molecule has 4 nitrogen and oxygen atoms in total. The summed E-state index contributed by atoms with van der Waals surface area (Å²) < 4.78 is 0. The lowest BCUT2D eigenvalue weighted by Gasteiger charge is -2.10. The molecule has 14 heavy (non-hydrogen) atoms. The van der Waals surface area contributed by atoms with Crippen LogP contribution >= 0.6 is 11.6 Å². The van der Waals surface area contributed by atoms with Crippen molar-refractivity contribution < 1.29 is 9.90 Å². The maximum absolute atomic E-state index is 10.9. The summed E-state index contributed by atoms with van der Waals surface area (Å²) in [5, 5.41) is 9.14. The summed E-state index contributed by atoms with van der Waals surface area (Å²) in [6, 6.07) is 0. The molecular weight excluding hydrogens is 204 g/mol. The van der Waals surface area contributed by atoms with E-state index in [0.29, 0.717) is 11.4 Å². The van der Waals surface area contributed by atoms with Crippen LogP contribution in [0.25, 0.3) is 0 Å². The van der Waals surface area contributed by atoms with E-state index in [2.05, 4.69) is 9.97 Å². The van der Waals surface area contributed by atoms with Crippen LogP contribution in [0, 0.1) is 6.92 Å². The molecule has 76 valence electrons. The Hall–Kier alpha value is -1.16. The molecule has 0 aromatic carbocycles. The summed E-state index contributed by atoms with van der Waals surface area (Å²) >= 11 is 5.86. The van der Waals surface area contributed by atoms with Gasteiger partial charge in [0.15, 0.2) is 5.69 Å². The second-order valence-electron chi connectivity index (χ2n) is 3.28. The molecule has 5 heteroatoms. The molecule has 0 spiro atoms. The Morgan fingerprint density at radius 2 is 2.00 bits per heavy atom. The van der Waals surface area contributed by atoms with E-state index in [-0.39, 0.29) is 16.8 Å². The van der Waals surface area contributed by atoms with Gasteiger partial charge in [0.1, 0.15) is 11.0 Å². The fourth-order valence-electron chi connectivity index (χ4n) is 1.22. The molecule has 1 aromatic rings. The van der Waals surface area contributed by atoms with E-state index in [9.17, 15) is 4.79 Å². The minimum absolute atomic E-state index is 0.00231. The second kappa shape index (κ2) is 3.92. The number of aromatic nitrogens is 2. The Bertz CT molecular complexity index is 377. The van der Waals surface area contributed by atoms with E-state index < -0.39 is 5.97 Å². The molecule has 0 aliphatic rings. The van der Waals surface area contributed by atoms with E-state index >= 15 is 0 Å². The third kappa shape index (κ3) is 2.01. The van der Waals surface area contributed by atoms with Gasteiger partial charge in [-0.05, 0) is 12.8 Å². The average molecular weight is 215 g/mol. The molecule has 1 rings (SSSR count). The number of nitrogens with zero attached hydrogens (tertiary/aromatic N) is 2. The predicted molar refractivity (Wildman–Crippen MR) is 52.8 cm³/mol. The smallest absolute Gasteiger partial charge is 0.354 e. The Morgan fingerprint density at radius 3 is 2.43 bits per heavy atom. The summed E-state index contributed by atoms with van der Waals surface area (Å²) in [6.07, 6.45) is 0. The van der Waals surface area contributed by atoms with Gasteiger partial charge in [-0.15, -0.1) is 0 Å². The first-order chi connectivity index (χ1) is 6.43. The fraction of sp³-hybridized carbons (Fsp3) is 0.444. The lowest BCUT2D eigenvalue weighted by molar-refractivity contribution is 0.0688. The van der Waals surface area contributed by atoms with E-state index in [0.717, 1.165) is 0 Å². The third-order valence-electron chi connectivity index (χ3n) is 1.79. The number of carboxylic acids is 1. The lowest BCUT2D eigenvalue weighted by Crippen LogP contribution is -2.10. The van der Waals surface area contributed by atoms with Gasteiger partial charge in [0.25, 0.3) is 0 Å². The van der Waals surface area contributed by atoms with Crippen LogP contribution in [0.2, 0.25) is 5.15 Å². The van der Waals surface area contributed by atoms with Crippen LogP contribution in [0.5, 0.6) is 0 Å². The molecule has 0 aliphatic carbocycles. The standard InChI is InChI=1S/C9H11ClN2O2/c1-4(2)6-7(9(13)14)11-5(3)12-8(6)10/h4H,1-3H3,(H,13,14). The van der Waals surface area contributed by atoms with Crippen molar-refractivity contribution in [2.45, 2.75) is 26.7 Å². The lowest BCUT2D eigenvalue weighted by atomic mass is 10.0. The Labute approximate surface area is 87.0 Å². The van der Waals surface area contributed by atoms with Crippen LogP contribution in [-0.4, -0.2) is 21.0 Å². The molecule has 0 atom stereocenters. The highest BCUT2D eigenvalue weighted by molar-refractivity contribution is 6.30. The maximum atomic E-state index is 10.9. The Balaban J connectivity index is 3.44. The van der Waals surface area contributed by atoms with Crippen LogP contribution in [-0.2, 0) is 0 Å². The normalized spacial score (nSPS) is 10.6. The summed E-state index contributed by atoms with van der Waals surface area (Å²) in [4.78, 5) is 18.7. The van der Waals surface area contributed by atoms with E-state index in [1.54, 1.807) is 6.92 Å². The minimum atomic E-state index is -1.07. The number of aryl methyl sites for hydroxylation is 1. The molecule has 0 bridgehead atoms. The highest BCUT2D eigenvalue weighted by atomic mass is 35.5. The quantitative estimate of drug-likeness (QED) is 0.767. The number of hydrogen-bond acceptors (Lipinski definition) is 3. The highest BCUT2D eigenvalue weighted by Crippen LogP contribution is 2.25. The highest BCUT2D eigenvalue weighted by Gasteiger charge is 2.19. The first-order valence-electron chi connectivity index (χ1n) is 4.20. The van der Waals surface area contributed by atoms with Crippen molar-refractivity contribution in [1.82, 2.24) is 9.97 Å². The van der Waals surface area contributed by atoms with E-state index in [1.807, 2.05) is 13.8 Å². The van der Waals surface area contributed by atoms with Gasteiger partial charge in [-0.3, -0.25) is 0 Å². The molecular formula is C9H11ClN2O2. The number of carboxylic acid groups (broad SMARTS) is 1. The Kier molecular flexibility index (Phi) is 3.06. The number of rotatable bonds is 2. The summed E-state index contributed by atoms with van der Waals surface area (Å²) in [7, 11) is 0. The van der Waals surface area contributed by atoms with Crippen LogP contribution in [0.3, 0.4) is 0 Å². The SMILES string of the molecule is Cc1nc(Cl)c(C(C)C)c(C(=O)O)n1. The van der Waals surface area contributed by atoms with Crippen molar-refractivity contribution in [1.29, 1.82) is 0 Å². The summed E-state index contributed by atoms with van der Waals surface area (Å²) in [6.45, 7) is 5.32. The van der Waals surface area contributed by atoms with Gasteiger partial charge in [0.05, 0.1) is 0 Å². The van der Waals surface area contributed by atoms with Crippen LogP contribution < -0.4 is 0 Å². The number of carbonyl (C=O) groups is 1. The van der Waals surface area contributed by atoms with Gasteiger partial charge < -0.3 is 5.11 Å². The molecule has 0 saturated carbocycles. The first-order valence-corrected chi connectivity index (χ1v) is 4.58. The van der Waals surface area contributed by atoms with Gasteiger partial charge in [-0.25, -0.2) is 14.8 Å². The maximum Gasteiger partial charge on any atom is 0.354 e. The van der Waals surface area contributed by atoms with Crippen molar-refractivity contribution in [3.05, 3.63) is 22.2 Å². The molecule has 1 aromatic heterocycles. The third-order valence-corrected chi connectivity index (χ3v) is 2.08. The molecule has 0 saturated heterocycles. The number of hydrogen-bond donors (Lipinski definition) is 1. The zero-order valence-corrected chi connectivity index (χ0v) is 8.96. The topological polar surface area (TPSA) is 63.1 Å². The van der Waals surface area contributed by atoms with Crippen molar-refractivity contribution in [2.24, 2.45) is 0 Å². The van der Waals surface area contributed by atoms with Gasteiger partial charge in [-0.1, -0.05) is 25.4 Å². The first kappa shape index (κ1) is 10.9. The molecule has 1 heterocycles. The second-order valence-corrected chi connectivity index (χ2v) is 3.64. The van der Waals surface area contributed by atoms with Crippen molar-refractivity contribution >= 4 is 17.6 Å². The zero-order valence-electron chi connectivity index (χ0n) is 8.21. The van der Waals surface area contributed by atoms with Crippen LogP contribution in [0.4, 0.5) is 0 Å². The van der Waals surface area contributed by atoms with Gasteiger partial charge in [0.2, 0.25) is 0 Å². The van der Waals surface area contributed by atoms with Gasteiger partial charge in [-0.2, -0.15) is 0 Å². The average Bonchev–Trinajstić information content (AvgIpc) is 2.01. The summed E-state index contributed by atoms with van der Waals surface area (Å²) in [5.74, 6) is -0.702. The number of aromatic carboxylic acids is 1. The molecule has 0 radical (unpaired) electrons. The zero-order chi connectivity index (χ0) is 10.9. The van der Waals surface area contributed by atoms with Gasteiger partial charge in [0, 0.05) is 5.56 Å². The Morgan fingerprint density at radius 1 is 1.43 bits per heavy atom. The van der Waals surface area contributed by atoms with E-state index in [1.165, 1.54) is 0 Å². The molecule has 0 amide bonds. The monoisotopic (exact) mass is 214 g/mol. The van der Waals surface area contributed by atoms with Crippen LogP contribution in [0.1, 0.15) is 41.6 Å². The van der Waals surface area contributed by atoms with E-state index in [4.69, 9.17) is 16.7 Å². The van der Waals surface area contributed by atoms with Crippen molar-refractivity contribution in [2.75, 3.05) is 0 Å². The van der Waals surface area contributed by atoms with Crippen molar-refractivity contribution in [3.63, 3.8) is 0 Å². The predicted octanol–water partition coefficient (Wildman–Crippen LogP) is 2.26. The van der Waals surface area contributed by atoms with Gasteiger partial charge >= 0.3 is 5.97 Å². The molecule has 0 aliphatic heterocycles. The fourth-order valence-corrected chi connectivity index (χ4v) is 1.65. The van der Waals surface area contributed by atoms with Crippen LogP contribution in [0.15, 0.2) is 0 Å². The minimum Gasteiger partial charge on any atom is -0.476 e. The number of halogens is 1. The largest absolute Gasteiger partial charge is 0.476 e. The molecule has 0 fully saturated rings. The summed E-state index contributed by atoms with van der Waals surface area (Å²) in [5.41, 5.74) is 0.488.